The van der Waals surface area contributed by atoms with Crippen LogP contribution in [0.1, 0.15) is 32.6 Å². The quantitative estimate of drug-likeness (QED) is 0.547. The van der Waals surface area contributed by atoms with E-state index in [2.05, 4.69) is 59.2 Å². The van der Waals surface area contributed by atoms with Gasteiger partial charge in [0.2, 0.25) is 0 Å². The van der Waals surface area contributed by atoms with E-state index in [9.17, 15) is 0 Å². The Balaban J connectivity index is 0.000000960. The molecule has 0 aromatic heterocycles. The third-order valence-electron chi connectivity index (χ3n) is 6.34. The molecule has 124 valence electrons. The summed E-state index contributed by atoms with van der Waals surface area (Å²) in [5.41, 5.74) is 0. The molecule has 2 saturated carbocycles. The topological polar surface area (TPSA) is 0 Å². The van der Waals surface area contributed by atoms with Crippen molar-refractivity contribution in [3.05, 3.63) is 48.6 Å². The molecule has 0 aromatic rings. The van der Waals surface area contributed by atoms with E-state index in [4.69, 9.17) is 0 Å². The van der Waals surface area contributed by atoms with Crippen molar-refractivity contribution in [1.29, 1.82) is 0 Å². The Hall–Kier alpha value is 0.293. The van der Waals surface area contributed by atoms with Gasteiger partial charge in [0.1, 0.15) is 0 Å². The van der Waals surface area contributed by atoms with E-state index in [1.54, 1.807) is 0 Å². The van der Waals surface area contributed by atoms with E-state index in [1.807, 2.05) is 0 Å². The second-order valence-electron chi connectivity index (χ2n) is 7.18. The number of hydrogen-bond donors (Lipinski definition) is 0. The summed E-state index contributed by atoms with van der Waals surface area (Å²) in [6, 6.07) is 0. The molecule has 4 rings (SSSR count). The van der Waals surface area contributed by atoms with Crippen molar-refractivity contribution in [3.63, 3.8) is 0 Å². The summed E-state index contributed by atoms with van der Waals surface area (Å²) in [5, 5.41) is 0. The number of hydrogen-bond acceptors (Lipinski definition) is 0. The van der Waals surface area contributed by atoms with Gasteiger partial charge in [-0.2, -0.15) is 0 Å². The molecule has 0 nitrogen and oxygen atoms in total. The first-order valence-electron chi connectivity index (χ1n) is 8.74. The predicted octanol–water partition coefficient (Wildman–Crippen LogP) is -0.684. The number of fused-ring (bicyclic) bond motifs is 2. The van der Waals surface area contributed by atoms with Gasteiger partial charge in [-0.05, 0) is 0 Å². The first kappa shape index (κ1) is 19.6. The first-order valence-corrected chi connectivity index (χ1v) is 13.0. The van der Waals surface area contributed by atoms with E-state index < -0.39 is 21.3 Å². The zero-order valence-corrected chi connectivity index (χ0v) is 17.7. The number of halogens is 2. The third kappa shape index (κ3) is 3.63. The minimum absolute atomic E-state index is 0. The van der Waals surface area contributed by atoms with Gasteiger partial charge in [-0.1, -0.05) is 0 Å². The van der Waals surface area contributed by atoms with Crippen molar-refractivity contribution < 1.29 is 46.1 Å². The van der Waals surface area contributed by atoms with Gasteiger partial charge in [0.25, 0.3) is 0 Å². The molecule has 4 aliphatic carbocycles. The Labute approximate surface area is 161 Å². The van der Waals surface area contributed by atoms with Gasteiger partial charge in [0.05, 0.1) is 0 Å². The molecule has 0 amide bonds. The number of rotatable bonds is 2. The second kappa shape index (κ2) is 8.59. The molecule has 0 bridgehead atoms. The molecular formula is C20H26Cl2Zr. The van der Waals surface area contributed by atoms with Crippen molar-refractivity contribution in [3.8, 4) is 0 Å². The molecule has 3 heteroatoms. The average molecular weight is 429 g/mol. The third-order valence-corrected chi connectivity index (χ3v) is 15.5. The summed E-state index contributed by atoms with van der Waals surface area (Å²) >= 11 is -1.47. The monoisotopic (exact) mass is 426 g/mol. The van der Waals surface area contributed by atoms with Gasteiger partial charge in [-0.15, -0.1) is 0 Å². The van der Waals surface area contributed by atoms with Crippen LogP contribution in [-0.2, 0) is 21.3 Å². The van der Waals surface area contributed by atoms with Crippen LogP contribution in [0.4, 0.5) is 0 Å². The van der Waals surface area contributed by atoms with Gasteiger partial charge >= 0.3 is 137 Å². The minimum Gasteiger partial charge on any atom is -1.00 e. The van der Waals surface area contributed by atoms with Crippen LogP contribution in [0.2, 0.25) is 7.25 Å². The van der Waals surface area contributed by atoms with Crippen LogP contribution in [0.3, 0.4) is 0 Å². The molecule has 0 N–H and O–H groups in total. The van der Waals surface area contributed by atoms with Crippen molar-refractivity contribution in [2.75, 3.05) is 0 Å². The van der Waals surface area contributed by atoms with E-state index in [0.717, 1.165) is 30.9 Å². The number of allylic oxidation sites excluding steroid dienone is 8. The summed E-state index contributed by atoms with van der Waals surface area (Å²) in [7, 11) is 0. The molecule has 0 aliphatic heterocycles. The summed E-state index contributed by atoms with van der Waals surface area (Å²) < 4.78 is 4.90. The fourth-order valence-corrected chi connectivity index (χ4v) is 15.3. The summed E-state index contributed by atoms with van der Waals surface area (Å²) in [6.07, 6.45) is 25.2. The molecule has 6 unspecified atom stereocenters. The van der Waals surface area contributed by atoms with Crippen molar-refractivity contribution >= 4 is 3.71 Å². The van der Waals surface area contributed by atoms with E-state index in [0.29, 0.717) is 0 Å². The van der Waals surface area contributed by atoms with Crippen molar-refractivity contribution in [2.24, 2.45) is 23.7 Å². The molecule has 6 atom stereocenters. The minimum atomic E-state index is -1.47. The van der Waals surface area contributed by atoms with Gasteiger partial charge < -0.3 is 24.8 Å². The van der Waals surface area contributed by atoms with Gasteiger partial charge in [0.15, 0.2) is 0 Å². The van der Waals surface area contributed by atoms with Gasteiger partial charge in [-0.25, -0.2) is 0 Å². The zero-order chi connectivity index (χ0) is 14.2. The van der Waals surface area contributed by atoms with Gasteiger partial charge in [0, 0.05) is 0 Å². The maximum atomic E-state index is 2.75. The van der Waals surface area contributed by atoms with Crippen LogP contribution in [0.5, 0.6) is 0 Å². The Morgan fingerprint density at radius 3 is 1.57 bits per heavy atom. The maximum Gasteiger partial charge on any atom is -1.00 e. The molecular weight excluding hydrogens is 402 g/mol. The Bertz CT molecular complexity index is 512. The van der Waals surface area contributed by atoms with Crippen molar-refractivity contribution in [2.45, 2.75) is 39.9 Å². The average Bonchev–Trinajstić information content (AvgIpc) is 3.14. The van der Waals surface area contributed by atoms with Crippen LogP contribution in [0.15, 0.2) is 48.6 Å². The summed E-state index contributed by atoms with van der Waals surface area (Å²) in [4.78, 5) is 0. The maximum absolute atomic E-state index is 2.75. The first-order chi connectivity index (χ1) is 10.4. The molecule has 23 heavy (non-hydrogen) atoms. The molecule has 0 saturated heterocycles. The van der Waals surface area contributed by atoms with Crippen LogP contribution in [0, 0.1) is 23.7 Å². The molecule has 0 spiro atoms. The normalized spacial score (nSPS) is 38.8. The fourth-order valence-electron chi connectivity index (χ4n) is 5.39. The standard InChI is InChI=1S/2C9H11.C2H4.2ClH.Zr/c2*1-2-5-9-7-3-6-8(9)4-1;1-2;;;/h2*1-2,4-6,8-9H,3,7H2;1H,2H3;2*1H;/q;;;;;+2/p-2. The molecule has 0 heterocycles. The molecule has 4 aliphatic rings. The van der Waals surface area contributed by atoms with E-state index in [1.165, 1.54) is 25.7 Å². The second-order valence-corrected chi connectivity index (χ2v) is 14.7. The molecule has 0 aromatic carbocycles. The fraction of sp³-hybridized carbons (Fsp3) is 0.550. The van der Waals surface area contributed by atoms with Crippen LogP contribution in [0.25, 0.3) is 0 Å². The van der Waals surface area contributed by atoms with E-state index >= 15 is 0 Å². The SMILES string of the molecule is C[CH]=[Zr+2]([CH]1CCC2C=CC=CC21)[CH]1CCC2C=CC=CC21.[Cl-].[Cl-]. The smallest absolute Gasteiger partial charge is 1.00 e. The molecule has 2 fully saturated rings. The van der Waals surface area contributed by atoms with Crippen LogP contribution >= 0.6 is 0 Å². The van der Waals surface area contributed by atoms with Crippen LogP contribution in [-0.4, -0.2) is 3.71 Å². The predicted molar refractivity (Wildman–Crippen MR) is 88.2 cm³/mol. The summed E-state index contributed by atoms with van der Waals surface area (Å²) in [6.45, 7) is 2.40. The zero-order valence-electron chi connectivity index (χ0n) is 13.7. The van der Waals surface area contributed by atoms with Gasteiger partial charge in [-0.3, -0.25) is 0 Å². The van der Waals surface area contributed by atoms with Crippen molar-refractivity contribution in [1.82, 2.24) is 0 Å². The largest absolute Gasteiger partial charge is 1.00 e. The Morgan fingerprint density at radius 2 is 1.13 bits per heavy atom. The van der Waals surface area contributed by atoms with E-state index in [-0.39, 0.29) is 24.8 Å². The summed E-state index contributed by atoms with van der Waals surface area (Å²) in [5.74, 6) is 3.52. The Morgan fingerprint density at radius 1 is 0.696 bits per heavy atom. The van der Waals surface area contributed by atoms with Crippen LogP contribution < -0.4 is 24.8 Å². The Kier molecular flexibility index (Phi) is 7.33. The molecule has 0 radical (unpaired) electrons.